The van der Waals surface area contributed by atoms with E-state index in [1.165, 1.54) is 0 Å². The Bertz CT molecular complexity index is 352. The van der Waals surface area contributed by atoms with Crippen LogP contribution in [-0.4, -0.2) is 24.8 Å². The van der Waals surface area contributed by atoms with Crippen molar-refractivity contribution >= 4 is 11.4 Å². The minimum Gasteiger partial charge on any atom is -0.395 e. The second-order valence-corrected chi connectivity index (χ2v) is 3.36. The average molecular weight is 192 g/mol. The lowest BCUT2D eigenvalue weighted by Crippen LogP contribution is -2.23. The molecule has 1 heterocycles. The summed E-state index contributed by atoms with van der Waals surface area (Å²) in [4.78, 5) is 12.4. The van der Waals surface area contributed by atoms with Gasteiger partial charge in [-0.2, -0.15) is 0 Å². The van der Waals surface area contributed by atoms with E-state index in [1.807, 2.05) is 12.1 Å². The molecule has 0 saturated heterocycles. The maximum absolute atomic E-state index is 10.3. The second kappa shape index (κ2) is 3.75. The summed E-state index contributed by atoms with van der Waals surface area (Å²) in [5.41, 5.74) is 2.75. The van der Waals surface area contributed by atoms with Gasteiger partial charge in [-0.25, -0.2) is 0 Å². The molecule has 14 heavy (non-hydrogen) atoms. The van der Waals surface area contributed by atoms with Gasteiger partial charge in [0.25, 0.3) is 0 Å². The van der Waals surface area contributed by atoms with Crippen LogP contribution in [0.25, 0.3) is 0 Å². The fourth-order valence-corrected chi connectivity index (χ4v) is 1.87. The van der Waals surface area contributed by atoms with Crippen LogP contribution >= 0.6 is 0 Å². The summed E-state index contributed by atoms with van der Waals surface area (Å²) >= 11 is 0. The van der Waals surface area contributed by atoms with Crippen LogP contribution in [-0.2, 0) is 6.42 Å². The van der Waals surface area contributed by atoms with Crippen molar-refractivity contribution < 1.29 is 5.11 Å². The van der Waals surface area contributed by atoms with E-state index in [2.05, 4.69) is 10.1 Å². The third-order valence-electron chi connectivity index (χ3n) is 2.53. The van der Waals surface area contributed by atoms with E-state index in [0.717, 1.165) is 24.2 Å². The lowest BCUT2D eigenvalue weighted by Gasteiger charge is -2.17. The Balaban J connectivity index is 2.28. The van der Waals surface area contributed by atoms with E-state index in [9.17, 15) is 4.91 Å². The molecule has 0 fully saturated rings. The molecule has 4 nitrogen and oxygen atoms in total. The van der Waals surface area contributed by atoms with Crippen LogP contribution < -0.4 is 4.90 Å². The third-order valence-corrected chi connectivity index (χ3v) is 2.53. The van der Waals surface area contributed by atoms with Crippen LogP contribution in [0.3, 0.4) is 0 Å². The topological polar surface area (TPSA) is 52.9 Å². The van der Waals surface area contributed by atoms with Gasteiger partial charge in [0.15, 0.2) is 0 Å². The van der Waals surface area contributed by atoms with Crippen LogP contribution in [0.15, 0.2) is 23.4 Å². The van der Waals surface area contributed by atoms with E-state index in [1.54, 1.807) is 6.07 Å². The summed E-state index contributed by atoms with van der Waals surface area (Å²) in [7, 11) is 0. The Morgan fingerprint density at radius 2 is 2.36 bits per heavy atom. The van der Waals surface area contributed by atoms with Crippen molar-refractivity contribution in [3.63, 3.8) is 0 Å². The molecule has 1 N–H and O–H groups in total. The number of nitroso groups, excluding NO2 is 1. The first-order chi connectivity index (χ1) is 6.85. The standard InChI is InChI=1S/C10H12N2O2/c13-6-5-12-4-3-8-7-9(11-14)1-2-10(8)12/h1-2,7,13H,3-6H2. The summed E-state index contributed by atoms with van der Waals surface area (Å²) in [5, 5.41) is 11.7. The van der Waals surface area contributed by atoms with Gasteiger partial charge in [-0.3, -0.25) is 0 Å². The molecule has 0 saturated carbocycles. The zero-order valence-electron chi connectivity index (χ0n) is 7.81. The number of benzene rings is 1. The maximum Gasteiger partial charge on any atom is 0.108 e. The molecule has 1 aromatic rings. The quantitative estimate of drug-likeness (QED) is 0.737. The summed E-state index contributed by atoms with van der Waals surface area (Å²) in [5.74, 6) is 0. The zero-order chi connectivity index (χ0) is 9.97. The number of rotatable bonds is 3. The Morgan fingerprint density at radius 3 is 3.07 bits per heavy atom. The van der Waals surface area contributed by atoms with E-state index >= 15 is 0 Å². The molecule has 4 heteroatoms. The van der Waals surface area contributed by atoms with Crippen LogP contribution in [0.4, 0.5) is 11.4 Å². The highest BCUT2D eigenvalue weighted by Gasteiger charge is 2.18. The second-order valence-electron chi connectivity index (χ2n) is 3.36. The van der Waals surface area contributed by atoms with Crippen molar-refractivity contribution in [3.8, 4) is 0 Å². The van der Waals surface area contributed by atoms with E-state index < -0.39 is 0 Å². The molecule has 0 aromatic heterocycles. The highest BCUT2D eigenvalue weighted by atomic mass is 16.3. The fraction of sp³-hybridized carbons (Fsp3) is 0.400. The lowest BCUT2D eigenvalue weighted by atomic mass is 10.1. The van der Waals surface area contributed by atoms with Gasteiger partial charge in [0.2, 0.25) is 0 Å². The van der Waals surface area contributed by atoms with Crippen molar-refractivity contribution in [3.05, 3.63) is 28.7 Å². The first-order valence-corrected chi connectivity index (χ1v) is 4.67. The van der Waals surface area contributed by atoms with E-state index in [0.29, 0.717) is 12.2 Å². The monoisotopic (exact) mass is 192 g/mol. The van der Waals surface area contributed by atoms with Crippen LogP contribution in [0.5, 0.6) is 0 Å². The molecule has 0 spiro atoms. The van der Waals surface area contributed by atoms with Crippen molar-refractivity contribution in [2.24, 2.45) is 5.18 Å². The average Bonchev–Trinajstić information content (AvgIpc) is 2.61. The predicted molar refractivity (Wildman–Crippen MR) is 54.9 cm³/mol. The molecule has 0 amide bonds. The number of fused-ring (bicyclic) bond motifs is 1. The van der Waals surface area contributed by atoms with Crippen LogP contribution in [0, 0.1) is 4.91 Å². The van der Waals surface area contributed by atoms with Crippen molar-refractivity contribution in [1.29, 1.82) is 0 Å². The van der Waals surface area contributed by atoms with Gasteiger partial charge in [-0.05, 0) is 35.4 Å². The molecule has 1 aromatic carbocycles. The molecular weight excluding hydrogens is 180 g/mol. The number of aliphatic hydroxyl groups is 1. The predicted octanol–water partition coefficient (Wildman–Crippen LogP) is 1.44. The Kier molecular flexibility index (Phi) is 2.45. The maximum atomic E-state index is 10.3. The summed E-state index contributed by atoms with van der Waals surface area (Å²) in [6.45, 7) is 1.73. The van der Waals surface area contributed by atoms with E-state index in [4.69, 9.17) is 5.11 Å². The van der Waals surface area contributed by atoms with Gasteiger partial charge >= 0.3 is 0 Å². The smallest absolute Gasteiger partial charge is 0.108 e. The summed E-state index contributed by atoms with van der Waals surface area (Å²) < 4.78 is 0. The van der Waals surface area contributed by atoms with Gasteiger partial charge in [0.1, 0.15) is 5.69 Å². The normalized spacial score (nSPS) is 14.2. The van der Waals surface area contributed by atoms with Crippen molar-refractivity contribution in [1.82, 2.24) is 0 Å². The zero-order valence-corrected chi connectivity index (χ0v) is 7.81. The summed E-state index contributed by atoms with van der Waals surface area (Å²) in [6, 6.07) is 5.43. The Morgan fingerprint density at radius 1 is 1.50 bits per heavy atom. The van der Waals surface area contributed by atoms with Gasteiger partial charge in [-0.1, -0.05) is 0 Å². The van der Waals surface area contributed by atoms with Crippen molar-refractivity contribution in [2.75, 3.05) is 24.6 Å². The molecule has 0 unspecified atom stereocenters. The minimum absolute atomic E-state index is 0.160. The number of β-amino-alcohol motifs (C(OH)–C–C–N with tert-alkyl or cyclic N) is 1. The fourth-order valence-electron chi connectivity index (χ4n) is 1.87. The van der Waals surface area contributed by atoms with E-state index in [-0.39, 0.29) is 6.61 Å². The molecular formula is C10H12N2O2. The van der Waals surface area contributed by atoms with Crippen molar-refractivity contribution in [2.45, 2.75) is 6.42 Å². The number of anilines is 1. The minimum atomic E-state index is 0.160. The molecule has 0 atom stereocenters. The Hall–Kier alpha value is -1.42. The molecule has 2 rings (SSSR count). The molecule has 1 aliphatic rings. The number of aliphatic hydroxyl groups excluding tert-OH is 1. The third kappa shape index (κ3) is 1.48. The first-order valence-electron chi connectivity index (χ1n) is 4.67. The molecule has 1 aliphatic heterocycles. The highest BCUT2D eigenvalue weighted by molar-refractivity contribution is 5.62. The number of nitrogens with zero attached hydrogens (tertiary/aromatic N) is 2. The SMILES string of the molecule is O=Nc1ccc2c(c1)CCN2CCO. The van der Waals surface area contributed by atoms with Crippen LogP contribution in [0.1, 0.15) is 5.56 Å². The van der Waals surface area contributed by atoms with Gasteiger partial charge in [0.05, 0.1) is 6.61 Å². The first kappa shape index (κ1) is 9.15. The number of hydrogen-bond acceptors (Lipinski definition) is 4. The Labute approximate surface area is 82.1 Å². The highest BCUT2D eigenvalue weighted by Crippen LogP contribution is 2.30. The number of hydrogen-bond donors (Lipinski definition) is 1. The van der Waals surface area contributed by atoms with Gasteiger partial charge in [0, 0.05) is 18.8 Å². The molecule has 0 bridgehead atoms. The molecule has 0 radical (unpaired) electrons. The largest absolute Gasteiger partial charge is 0.395 e. The van der Waals surface area contributed by atoms with Crippen LogP contribution in [0.2, 0.25) is 0 Å². The molecule has 0 aliphatic carbocycles. The molecule has 74 valence electrons. The lowest BCUT2D eigenvalue weighted by molar-refractivity contribution is 0.303. The van der Waals surface area contributed by atoms with Gasteiger partial charge < -0.3 is 10.0 Å². The van der Waals surface area contributed by atoms with Gasteiger partial charge in [-0.15, -0.1) is 4.91 Å². The summed E-state index contributed by atoms with van der Waals surface area (Å²) in [6.07, 6.45) is 0.929.